The molecule has 3 rings (SSSR count). The quantitative estimate of drug-likeness (QED) is 0.829. The molecule has 0 radical (unpaired) electrons. The van der Waals surface area contributed by atoms with Crippen molar-refractivity contribution in [2.75, 3.05) is 7.05 Å². The zero-order chi connectivity index (χ0) is 14.1. The largest absolute Gasteiger partial charge is 0.317 e. The highest BCUT2D eigenvalue weighted by atomic mass is 79.9. The van der Waals surface area contributed by atoms with E-state index in [1.54, 1.807) is 12.1 Å². The van der Waals surface area contributed by atoms with Crippen molar-refractivity contribution in [2.45, 2.75) is 44.6 Å². The van der Waals surface area contributed by atoms with Gasteiger partial charge in [0.15, 0.2) is 0 Å². The molecule has 20 heavy (non-hydrogen) atoms. The molecule has 2 aliphatic rings. The van der Waals surface area contributed by atoms with Gasteiger partial charge in [0, 0.05) is 10.5 Å². The van der Waals surface area contributed by atoms with Gasteiger partial charge < -0.3 is 5.32 Å². The Labute approximate surface area is 129 Å². The van der Waals surface area contributed by atoms with E-state index >= 15 is 0 Å². The first-order valence-corrected chi connectivity index (χ1v) is 8.56. The second kappa shape index (κ2) is 6.15. The van der Waals surface area contributed by atoms with E-state index in [0.717, 1.165) is 34.2 Å². The molecule has 2 saturated carbocycles. The van der Waals surface area contributed by atoms with Crippen molar-refractivity contribution in [1.29, 1.82) is 0 Å². The van der Waals surface area contributed by atoms with Crippen LogP contribution >= 0.6 is 15.9 Å². The maximum Gasteiger partial charge on any atom is 0.126 e. The van der Waals surface area contributed by atoms with Crippen LogP contribution in [0.3, 0.4) is 0 Å². The smallest absolute Gasteiger partial charge is 0.126 e. The summed E-state index contributed by atoms with van der Waals surface area (Å²) in [5.74, 6) is 2.72. The van der Waals surface area contributed by atoms with E-state index in [1.807, 2.05) is 13.1 Å². The number of benzene rings is 1. The van der Waals surface area contributed by atoms with E-state index in [1.165, 1.54) is 32.1 Å². The minimum Gasteiger partial charge on any atom is -0.317 e. The first-order valence-electron chi connectivity index (χ1n) is 7.77. The molecule has 0 amide bonds. The minimum absolute atomic E-state index is 0.0820. The Bertz CT molecular complexity index is 476. The summed E-state index contributed by atoms with van der Waals surface area (Å²) in [6.45, 7) is 0. The number of fused-ring (bicyclic) bond motifs is 2. The van der Waals surface area contributed by atoms with Gasteiger partial charge in [-0.3, -0.25) is 0 Å². The molecular formula is C17H23BrFN. The SMILES string of the molecule is CNC(Cc1cc(Br)ccc1F)CC1CC2CCC1C2. The molecule has 2 bridgehead atoms. The highest BCUT2D eigenvalue weighted by Crippen LogP contribution is 2.50. The van der Waals surface area contributed by atoms with E-state index in [0.29, 0.717) is 6.04 Å². The summed E-state index contributed by atoms with van der Waals surface area (Å²) in [5.41, 5.74) is 0.821. The molecule has 2 aliphatic carbocycles. The third-order valence-electron chi connectivity index (χ3n) is 5.35. The second-order valence-electron chi connectivity index (χ2n) is 6.60. The zero-order valence-corrected chi connectivity index (χ0v) is 13.6. The fourth-order valence-electron chi connectivity index (χ4n) is 4.30. The molecule has 0 spiro atoms. The van der Waals surface area contributed by atoms with Gasteiger partial charge in [-0.15, -0.1) is 0 Å². The fraction of sp³-hybridized carbons (Fsp3) is 0.647. The Morgan fingerprint density at radius 1 is 1.35 bits per heavy atom. The first-order chi connectivity index (χ1) is 9.65. The van der Waals surface area contributed by atoms with Crippen LogP contribution in [0.25, 0.3) is 0 Å². The maximum atomic E-state index is 13.9. The van der Waals surface area contributed by atoms with Gasteiger partial charge in [0.2, 0.25) is 0 Å². The summed E-state index contributed by atoms with van der Waals surface area (Å²) in [6, 6.07) is 5.64. The molecular weight excluding hydrogens is 317 g/mol. The van der Waals surface area contributed by atoms with Crippen LogP contribution in [0.1, 0.15) is 37.7 Å². The summed E-state index contributed by atoms with van der Waals surface area (Å²) < 4.78 is 14.8. The molecule has 2 fully saturated rings. The van der Waals surface area contributed by atoms with Gasteiger partial charge in [0.25, 0.3) is 0 Å². The van der Waals surface area contributed by atoms with Gasteiger partial charge in [0.05, 0.1) is 0 Å². The fourth-order valence-corrected chi connectivity index (χ4v) is 4.71. The van der Waals surface area contributed by atoms with Gasteiger partial charge in [-0.1, -0.05) is 22.4 Å². The van der Waals surface area contributed by atoms with Crippen molar-refractivity contribution >= 4 is 15.9 Å². The van der Waals surface area contributed by atoms with Crippen molar-refractivity contribution < 1.29 is 4.39 Å². The molecule has 0 heterocycles. The van der Waals surface area contributed by atoms with Crippen LogP contribution in [0.15, 0.2) is 22.7 Å². The number of hydrogen-bond acceptors (Lipinski definition) is 1. The Morgan fingerprint density at radius 2 is 2.20 bits per heavy atom. The van der Waals surface area contributed by atoms with Crippen molar-refractivity contribution in [3.05, 3.63) is 34.1 Å². The molecule has 3 heteroatoms. The van der Waals surface area contributed by atoms with Crippen molar-refractivity contribution in [1.82, 2.24) is 5.32 Å². The lowest BCUT2D eigenvalue weighted by molar-refractivity contribution is 0.281. The summed E-state index contributed by atoms with van der Waals surface area (Å²) in [5, 5.41) is 3.40. The second-order valence-corrected chi connectivity index (χ2v) is 7.51. The van der Waals surface area contributed by atoms with E-state index in [4.69, 9.17) is 0 Å². The first kappa shape index (κ1) is 14.5. The molecule has 0 aliphatic heterocycles. The number of likely N-dealkylation sites (N-methyl/N-ethyl adjacent to an activating group) is 1. The Morgan fingerprint density at radius 3 is 2.85 bits per heavy atom. The zero-order valence-electron chi connectivity index (χ0n) is 12.0. The lowest BCUT2D eigenvalue weighted by Crippen LogP contribution is -2.31. The molecule has 0 aromatic heterocycles. The van der Waals surface area contributed by atoms with Crippen LogP contribution in [0, 0.1) is 23.6 Å². The lowest BCUT2D eigenvalue weighted by atomic mass is 9.83. The molecule has 1 N–H and O–H groups in total. The monoisotopic (exact) mass is 339 g/mol. The predicted molar refractivity (Wildman–Crippen MR) is 84.2 cm³/mol. The average Bonchev–Trinajstić information content (AvgIpc) is 3.04. The van der Waals surface area contributed by atoms with Crippen molar-refractivity contribution in [3.63, 3.8) is 0 Å². The van der Waals surface area contributed by atoms with Gasteiger partial charge in [-0.25, -0.2) is 4.39 Å². The van der Waals surface area contributed by atoms with Gasteiger partial charge in [-0.2, -0.15) is 0 Å². The van der Waals surface area contributed by atoms with Crippen LogP contribution < -0.4 is 5.32 Å². The van der Waals surface area contributed by atoms with E-state index < -0.39 is 0 Å². The predicted octanol–water partition coefficient (Wildman–Crippen LogP) is 4.55. The molecule has 4 unspecified atom stereocenters. The van der Waals surface area contributed by atoms with Crippen LogP contribution in [0.4, 0.5) is 4.39 Å². The van der Waals surface area contributed by atoms with Crippen LogP contribution in [0.5, 0.6) is 0 Å². The standard InChI is InChI=1S/C17H23BrFN/c1-20-16(9-13-7-11-2-3-12(13)6-11)10-14-8-15(18)4-5-17(14)19/h4-5,8,11-13,16,20H,2-3,6-7,9-10H2,1H3. The molecule has 1 aromatic rings. The van der Waals surface area contributed by atoms with E-state index in [9.17, 15) is 4.39 Å². The topological polar surface area (TPSA) is 12.0 Å². The summed E-state index contributed by atoms with van der Waals surface area (Å²) in [6.07, 6.45) is 7.72. The number of halogens is 2. The molecule has 4 atom stereocenters. The minimum atomic E-state index is -0.0820. The Balaban J connectivity index is 1.63. The van der Waals surface area contributed by atoms with Gasteiger partial charge in [0.1, 0.15) is 5.82 Å². The van der Waals surface area contributed by atoms with Crippen LogP contribution in [-0.2, 0) is 6.42 Å². The van der Waals surface area contributed by atoms with Crippen molar-refractivity contribution in [2.24, 2.45) is 17.8 Å². The number of hydrogen-bond donors (Lipinski definition) is 1. The summed E-state index contributed by atoms with van der Waals surface area (Å²) in [4.78, 5) is 0. The molecule has 1 aromatic carbocycles. The third kappa shape index (κ3) is 3.09. The molecule has 110 valence electrons. The van der Waals surface area contributed by atoms with Crippen LogP contribution in [0.2, 0.25) is 0 Å². The van der Waals surface area contributed by atoms with E-state index in [-0.39, 0.29) is 5.82 Å². The Kier molecular flexibility index (Phi) is 4.46. The molecule has 0 saturated heterocycles. The summed E-state index contributed by atoms with van der Waals surface area (Å²) in [7, 11) is 2.01. The number of nitrogens with one attached hydrogen (secondary N) is 1. The van der Waals surface area contributed by atoms with Crippen LogP contribution in [-0.4, -0.2) is 13.1 Å². The lowest BCUT2D eigenvalue weighted by Gasteiger charge is -2.26. The third-order valence-corrected chi connectivity index (χ3v) is 5.85. The highest BCUT2D eigenvalue weighted by Gasteiger charge is 2.39. The highest BCUT2D eigenvalue weighted by molar-refractivity contribution is 9.10. The maximum absolute atomic E-state index is 13.9. The summed E-state index contributed by atoms with van der Waals surface area (Å²) >= 11 is 3.44. The number of rotatable bonds is 5. The normalized spacial score (nSPS) is 29.9. The van der Waals surface area contributed by atoms with Crippen molar-refractivity contribution in [3.8, 4) is 0 Å². The van der Waals surface area contributed by atoms with E-state index in [2.05, 4.69) is 21.2 Å². The average molecular weight is 340 g/mol. The molecule has 1 nitrogen and oxygen atoms in total. The Hall–Kier alpha value is -0.410. The van der Waals surface area contributed by atoms with Gasteiger partial charge in [-0.05, 0) is 80.7 Å². The van der Waals surface area contributed by atoms with Gasteiger partial charge >= 0.3 is 0 Å².